The van der Waals surface area contributed by atoms with Crippen LogP contribution in [0.5, 0.6) is 0 Å². The van der Waals surface area contributed by atoms with Gasteiger partial charge in [0.15, 0.2) is 0 Å². The van der Waals surface area contributed by atoms with Crippen LogP contribution in [0.25, 0.3) is 10.9 Å². The van der Waals surface area contributed by atoms with Gasteiger partial charge in [0, 0.05) is 37.4 Å². The first-order chi connectivity index (χ1) is 12.1. The average Bonchev–Trinajstić information content (AvgIpc) is 3.24. The number of likely N-dealkylation sites (N-methyl/N-ethyl adjacent to an activating group) is 1. The molecule has 0 unspecified atom stereocenters. The molecule has 0 spiro atoms. The Bertz CT molecular complexity index is 971. The van der Waals surface area contributed by atoms with Crippen LogP contribution in [0.15, 0.2) is 43.0 Å². The number of aromatic nitrogens is 3. The number of imidazole rings is 1. The summed E-state index contributed by atoms with van der Waals surface area (Å²) >= 11 is 0. The van der Waals surface area contributed by atoms with E-state index < -0.39 is 6.04 Å². The molecule has 2 aromatic heterocycles. The van der Waals surface area contributed by atoms with Crippen LogP contribution in [0, 0.1) is 0 Å². The Morgan fingerprint density at radius 2 is 2.08 bits per heavy atom. The van der Waals surface area contributed by atoms with Gasteiger partial charge in [-0.2, -0.15) is 0 Å². The third-order valence-corrected chi connectivity index (χ3v) is 4.79. The number of aryl methyl sites for hydroxylation is 1. The molecule has 1 aliphatic heterocycles. The fourth-order valence-corrected chi connectivity index (χ4v) is 3.50. The molecule has 25 heavy (non-hydrogen) atoms. The molecule has 0 fully saturated rings. The standard InChI is InChI=1S/C18H19N5O2/c1-19-17(24)16-10-22(8-12-7-20-11-23(12)16)18(25)14-9-21(2)15-6-4-3-5-13(14)15/h3-7,9,11,16H,8,10H2,1-2H3,(H,19,24)/t16-/m0/s1. The number of amides is 2. The number of nitrogens with one attached hydrogen (secondary N) is 1. The Morgan fingerprint density at radius 3 is 2.88 bits per heavy atom. The maximum atomic E-state index is 13.2. The molecule has 0 aliphatic carbocycles. The Morgan fingerprint density at radius 1 is 1.28 bits per heavy atom. The first-order valence-corrected chi connectivity index (χ1v) is 8.15. The largest absolute Gasteiger partial charge is 0.357 e. The Kier molecular flexibility index (Phi) is 3.56. The van der Waals surface area contributed by atoms with Gasteiger partial charge in [0.1, 0.15) is 6.04 Å². The van der Waals surface area contributed by atoms with E-state index >= 15 is 0 Å². The summed E-state index contributed by atoms with van der Waals surface area (Å²) in [5, 5.41) is 3.59. The van der Waals surface area contributed by atoms with Crippen LogP contribution in [0.4, 0.5) is 0 Å². The molecule has 1 aromatic carbocycles. The van der Waals surface area contributed by atoms with E-state index in [0.717, 1.165) is 16.6 Å². The van der Waals surface area contributed by atoms with Crippen molar-refractivity contribution < 1.29 is 9.59 Å². The van der Waals surface area contributed by atoms with Crippen molar-refractivity contribution in [3.8, 4) is 0 Å². The second kappa shape index (κ2) is 5.77. The van der Waals surface area contributed by atoms with Crippen LogP contribution in [0.3, 0.4) is 0 Å². The maximum absolute atomic E-state index is 13.2. The van der Waals surface area contributed by atoms with Gasteiger partial charge >= 0.3 is 0 Å². The second-order valence-corrected chi connectivity index (χ2v) is 6.28. The van der Waals surface area contributed by atoms with E-state index in [4.69, 9.17) is 0 Å². The lowest BCUT2D eigenvalue weighted by atomic mass is 10.1. The molecule has 7 heteroatoms. The van der Waals surface area contributed by atoms with Crippen LogP contribution in [0.1, 0.15) is 22.1 Å². The summed E-state index contributed by atoms with van der Waals surface area (Å²) in [7, 11) is 3.53. The molecule has 1 N–H and O–H groups in total. The lowest BCUT2D eigenvalue weighted by Gasteiger charge is -2.33. The smallest absolute Gasteiger partial charge is 0.256 e. The summed E-state index contributed by atoms with van der Waals surface area (Å²) in [5.74, 6) is -0.201. The fourth-order valence-electron chi connectivity index (χ4n) is 3.50. The molecule has 0 radical (unpaired) electrons. The monoisotopic (exact) mass is 337 g/mol. The molecule has 128 valence electrons. The van der Waals surface area contributed by atoms with Crippen molar-refractivity contribution >= 4 is 22.7 Å². The van der Waals surface area contributed by atoms with Crippen molar-refractivity contribution in [3.63, 3.8) is 0 Å². The molecule has 4 rings (SSSR count). The molecular formula is C18H19N5O2. The van der Waals surface area contributed by atoms with E-state index in [1.54, 1.807) is 24.5 Å². The van der Waals surface area contributed by atoms with Crippen LogP contribution >= 0.6 is 0 Å². The van der Waals surface area contributed by atoms with Crippen molar-refractivity contribution in [1.82, 2.24) is 24.3 Å². The predicted molar refractivity (Wildman–Crippen MR) is 93.0 cm³/mol. The Hall–Kier alpha value is -3.09. The van der Waals surface area contributed by atoms with Crippen molar-refractivity contribution in [2.24, 2.45) is 7.05 Å². The number of carbonyl (C=O) groups excluding carboxylic acids is 2. The highest BCUT2D eigenvalue weighted by Gasteiger charge is 2.33. The summed E-state index contributed by atoms with van der Waals surface area (Å²) in [4.78, 5) is 31.3. The third kappa shape index (κ3) is 2.39. The third-order valence-electron chi connectivity index (χ3n) is 4.79. The highest BCUT2D eigenvalue weighted by atomic mass is 16.2. The van der Waals surface area contributed by atoms with Crippen molar-refractivity contribution in [2.45, 2.75) is 12.6 Å². The van der Waals surface area contributed by atoms with E-state index in [1.165, 1.54) is 0 Å². The molecule has 2 amide bonds. The van der Waals surface area contributed by atoms with Gasteiger partial charge in [0.05, 0.1) is 30.7 Å². The number of nitrogens with zero attached hydrogens (tertiary/aromatic N) is 4. The quantitative estimate of drug-likeness (QED) is 0.766. The summed E-state index contributed by atoms with van der Waals surface area (Å²) in [6, 6.07) is 7.36. The molecule has 1 aliphatic rings. The maximum Gasteiger partial charge on any atom is 0.256 e. The summed E-state index contributed by atoms with van der Waals surface area (Å²) in [6.07, 6.45) is 5.21. The van der Waals surface area contributed by atoms with Crippen LogP contribution in [-0.2, 0) is 18.4 Å². The van der Waals surface area contributed by atoms with Crippen molar-refractivity contribution in [3.05, 3.63) is 54.2 Å². The Labute approximate surface area is 144 Å². The number of fused-ring (bicyclic) bond motifs is 2. The van der Waals surface area contributed by atoms with Crippen molar-refractivity contribution in [1.29, 1.82) is 0 Å². The SMILES string of the molecule is CNC(=O)[C@@H]1CN(C(=O)c2cn(C)c3ccccc23)Cc2cncn21. The van der Waals surface area contributed by atoms with Gasteiger partial charge in [-0.05, 0) is 6.07 Å². The Balaban J connectivity index is 1.72. The van der Waals surface area contributed by atoms with E-state index in [-0.39, 0.29) is 11.8 Å². The topological polar surface area (TPSA) is 72.2 Å². The first-order valence-electron chi connectivity index (χ1n) is 8.15. The van der Waals surface area contributed by atoms with Crippen LogP contribution in [0.2, 0.25) is 0 Å². The van der Waals surface area contributed by atoms with Gasteiger partial charge in [-0.3, -0.25) is 9.59 Å². The van der Waals surface area contributed by atoms with Crippen LogP contribution < -0.4 is 5.32 Å². The number of para-hydroxylation sites is 1. The van der Waals surface area contributed by atoms with Gasteiger partial charge in [-0.25, -0.2) is 4.98 Å². The number of benzene rings is 1. The van der Waals surface area contributed by atoms with E-state index in [0.29, 0.717) is 18.7 Å². The fraction of sp³-hybridized carbons (Fsp3) is 0.278. The minimum atomic E-state index is -0.463. The molecule has 0 saturated carbocycles. The normalized spacial score (nSPS) is 16.7. The van der Waals surface area contributed by atoms with Gasteiger partial charge in [-0.1, -0.05) is 18.2 Å². The van der Waals surface area contributed by atoms with Crippen molar-refractivity contribution in [2.75, 3.05) is 13.6 Å². The number of hydrogen-bond donors (Lipinski definition) is 1. The zero-order chi connectivity index (χ0) is 17.6. The zero-order valence-electron chi connectivity index (χ0n) is 14.1. The van der Waals surface area contributed by atoms with E-state index in [1.807, 2.05) is 46.6 Å². The number of hydrogen-bond acceptors (Lipinski definition) is 3. The minimum absolute atomic E-state index is 0.0712. The average molecular weight is 337 g/mol. The van der Waals surface area contributed by atoms with Gasteiger partial charge in [0.2, 0.25) is 5.91 Å². The van der Waals surface area contributed by atoms with Gasteiger partial charge in [0.25, 0.3) is 5.91 Å². The van der Waals surface area contributed by atoms with Gasteiger partial charge in [-0.15, -0.1) is 0 Å². The van der Waals surface area contributed by atoms with Crippen LogP contribution in [-0.4, -0.2) is 44.4 Å². The first kappa shape index (κ1) is 15.4. The summed E-state index contributed by atoms with van der Waals surface area (Å²) in [6.45, 7) is 0.765. The zero-order valence-corrected chi connectivity index (χ0v) is 14.1. The second-order valence-electron chi connectivity index (χ2n) is 6.28. The molecular weight excluding hydrogens is 318 g/mol. The molecule has 1 atom stereocenters. The lowest BCUT2D eigenvalue weighted by molar-refractivity contribution is -0.124. The predicted octanol–water partition coefficient (Wildman–Crippen LogP) is 1.32. The number of rotatable bonds is 2. The molecule has 0 saturated heterocycles. The summed E-state index contributed by atoms with van der Waals surface area (Å²) in [5.41, 5.74) is 2.52. The van der Waals surface area contributed by atoms with E-state index in [9.17, 15) is 9.59 Å². The molecule has 3 heterocycles. The number of carbonyl (C=O) groups is 2. The highest BCUT2D eigenvalue weighted by molar-refractivity contribution is 6.07. The van der Waals surface area contributed by atoms with Gasteiger partial charge < -0.3 is 19.4 Å². The molecule has 7 nitrogen and oxygen atoms in total. The molecule has 0 bridgehead atoms. The lowest BCUT2D eigenvalue weighted by Crippen LogP contribution is -2.45. The highest BCUT2D eigenvalue weighted by Crippen LogP contribution is 2.26. The van der Waals surface area contributed by atoms with E-state index in [2.05, 4.69) is 10.3 Å². The summed E-state index contributed by atoms with van der Waals surface area (Å²) < 4.78 is 3.79. The minimum Gasteiger partial charge on any atom is -0.357 e. The molecule has 3 aromatic rings.